The number of nitrogens with zero attached hydrogens (tertiary/aromatic N) is 1. The zero-order chi connectivity index (χ0) is 17.5. The van der Waals surface area contributed by atoms with Crippen molar-refractivity contribution in [3.8, 4) is 5.75 Å². The summed E-state index contributed by atoms with van der Waals surface area (Å²) in [5.74, 6) is 1.53. The van der Waals surface area contributed by atoms with Crippen LogP contribution in [0.25, 0.3) is 0 Å². The molecule has 132 valence electrons. The molecule has 1 N–H and O–H groups in total. The van der Waals surface area contributed by atoms with Gasteiger partial charge in [-0.05, 0) is 36.5 Å². The number of nitrogens with one attached hydrogen (secondary N) is 1. The van der Waals surface area contributed by atoms with Crippen molar-refractivity contribution in [2.75, 3.05) is 31.6 Å². The van der Waals surface area contributed by atoms with Crippen molar-refractivity contribution in [2.24, 2.45) is 5.92 Å². The van der Waals surface area contributed by atoms with Gasteiger partial charge in [0.2, 0.25) is 5.91 Å². The summed E-state index contributed by atoms with van der Waals surface area (Å²) in [6.07, 6.45) is 2.46. The molecule has 2 aromatic carbocycles. The van der Waals surface area contributed by atoms with Gasteiger partial charge in [-0.25, -0.2) is 0 Å². The highest BCUT2D eigenvalue weighted by atomic mass is 16.5. The lowest BCUT2D eigenvalue weighted by Gasteiger charge is -2.19. The van der Waals surface area contributed by atoms with Crippen LogP contribution in [-0.4, -0.2) is 32.7 Å². The van der Waals surface area contributed by atoms with Gasteiger partial charge in [0.1, 0.15) is 5.75 Å². The molecule has 0 aliphatic carbocycles. The van der Waals surface area contributed by atoms with Crippen molar-refractivity contribution >= 4 is 11.6 Å². The average molecular weight is 338 g/mol. The predicted octanol–water partition coefficient (Wildman–Crippen LogP) is 3.27. The van der Waals surface area contributed by atoms with E-state index in [9.17, 15) is 4.79 Å². The molecule has 1 unspecified atom stereocenters. The number of carbonyl (C=O) groups excluding carboxylic acids is 1. The fraction of sp³-hybridized carbons (Fsp3) is 0.381. The first-order valence-electron chi connectivity index (χ1n) is 8.94. The topological polar surface area (TPSA) is 41.6 Å². The van der Waals surface area contributed by atoms with Crippen LogP contribution in [0.3, 0.4) is 0 Å². The first-order chi connectivity index (χ1) is 12.2. The maximum absolute atomic E-state index is 12.1. The second-order valence-electron chi connectivity index (χ2n) is 6.59. The summed E-state index contributed by atoms with van der Waals surface area (Å²) < 4.78 is 5.30. The summed E-state index contributed by atoms with van der Waals surface area (Å²) in [4.78, 5) is 14.4. The van der Waals surface area contributed by atoms with E-state index in [1.165, 1.54) is 11.3 Å². The second-order valence-corrected chi connectivity index (χ2v) is 6.59. The van der Waals surface area contributed by atoms with Crippen LogP contribution < -0.4 is 15.0 Å². The Labute approximate surface area is 149 Å². The lowest BCUT2D eigenvalue weighted by atomic mass is 10.1. The van der Waals surface area contributed by atoms with Crippen molar-refractivity contribution in [1.29, 1.82) is 0 Å². The van der Waals surface area contributed by atoms with Crippen molar-refractivity contribution < 1.29 is 9.53 Å². The summed E-state index contributed by atoms with van der Waals surface area (Å²) in [6.45, 7) is 2.76. The summed E-state index contributed by atoms with van der Waals surface area (Å²) in [6, 6.07) is 18.3. The van der Waals surface area contributed by atoms with E-state index in [2.05, 4.69) is 34.5 Å². The number of ether oxygens (including phenoxy) is 1. The number of methoxy groups -OCH3 is 1. The van der Waals surface area contributed by atoms with Gasteiger partial charge in [-0.1, -0.05) is 36.4 Å². The van der Waals surface area contributed by atoms with Gasteiger partial charge in [0.25, 0.3) is 0 Å². The van der Waals surface area contributed by atoms with Crippen molar-refractivity contribution in [2.45, 2.75) is 19.3 Å². The Hall–Kier alpha value is -2.49. The molecule has 25 heavy (non-hydrogen) atoms. The largest absolute Gasteiger partial charge is 0.497 e. The maximum Gasteiger partial charge on any atom is 0.220 e. The van der Waals surface area contributed by atoms with Crippen LogP contribution in [0.2, 0.25) is 0 Å². The van der Waals surface area contributed by atoms with Crippen molar-refractivity contribution in [3.05, 3.63) is 60.2 Å². The molecular weight excluding hydrogens is 312 g/mol. The van der Waals surface area contributed by atoms with Crippen molar-refractivity contribution in [1.82, 2.24) is 5.32 Å². The van der Waals surface area contributed by atoms with Gasteiger partial charge < -0.3 is 15.0 Å². The van der Waals surface area contributed by atoms with Gasteiger partial charge in [0.15, 0.2) is 0 Å². The van der Waals surface area contributed by atoms with E-state index in [1.54, 1.807) is 7.11 Å². The smallest absolute Gasteiger partial charge is 0.220 e. The Bertz CT molecular complexity index is 687. The quantitative estimate of drug-likeness (QED) is 0.842. The van der Waals surface area contributed by atoms with Crippen LogP contribution in [-0.2, 0) is 11.2 Å². The first kappa shape index (κ1) is 17.3. The minimum atomic E-state index is 0.142. The van der Waals surface area contributed by atoms with Crippen LogP contribution in [0.15, 0.2) is 54.6 Å². The minimum Gasteiger partial charge on any atom is -0.497 e. The Balaban J connectivity index is 1.41. The van der Waals surface area contributed by atoms with E-state index in [0.29, 0.717) is 12.3 Å². The molecule has 0 radical (unpaired) electrons. The monoisotopic (exact) mass is 338 g/mol. The SMILES string of the molecule is COc1cccc(N2CCC(CNC(=O)CCc3ccccc3)C2)c1. The molecule has 1 aliphatic heterocycles. The maximum atomic E-state index is 12.1. The van der Waals surface area contributed by atoms with Crippen LogP contribution in [0.5, 0.6) is 5.75 Å². The Morgan fingerprint density at radius 3 is 2.84 bits per heavy atom. The zero-order valence-corrected chi connectivity index (χ0v) is 14.8. The molecule has 1 fully saturated rings. The zero-order valence-electron chi connectivity index (χ0n) is 14.8. The number of benzene rings is 2. The van der Waals surface area contributed by atoms with E-state index in [4.69, 9.17) is 4.74 Å². The average Bonchev–Trinajstić information content (AvgIpc) is 3.15. The van der Waals surface area contributed by atoms with Crippen molar-refractivity contribution in [3.63, 3.8) is 0 Å². The molecule has 1 amide bonds. The molecule has 1 saturated heterocycles. The molecule has 4 nitrogen and oxygen atoms in total. The van der Waals surface area contributed by atoms with Crippen LogP contribution in [0.1, 0.15) is 18.4 Å². The van der Waals surface area contributed by atoms with Gasteiger partial charge >= 0.3 is 0 Å². The normalized spacial score (nSPS) is 16.7. The Kier molecular flexibility index (Phi) is 5.94. The lowest BCUT2D eigenvalue weighted by Crippen LogP contribution is -2.31. The highest BCUT2D eigenvalue weighted by Gasteiger charge is 2.23. The second kappa shape index (κ2) is 8.56. The lowest BCUT2D eigenvalue weighted by molar-refractivity contribution is -0.121. The molecule has 0 spiro atoms. The number of hydrogen-bond acceptors (Lipinski definition) is 3. The third kappa shape index (κ3) is 4.99. The fourth-order valence-corrected chi connectivity index (χ4v) is 3.29. The van der Waals surface area contributed by atoms with Crippen LogP contribution >= 0.6 is 0 Å². The van der Waals surface area contributed by atoms with E-state index >= 15 is 0 Å². The summed E-state index contributed by atoms with van der Waals surface area (Å²) in [7, 11) is 1.69. The van der Waals surface area contributed by atoms with Crippen LogP contribution in [0.4, 0.5) is 5.69 Å². The number of carbonyl (C=O) groups is 1. The molecule has 2 aromatic rings. The molecule has 4 heteroatoms. The van der Waals surface area contributed by atoms with E-state index < -0.39 is 0 Å². The molecular formula is C21H26N2O2. The van der Waals surface area contributed by atoms with E-state index in [1.807, 2.05) is 30.3 Å². The Morgan fingerprint density at radius 1 is 1.20 bits per heavy atom. The number of anilines is 1. The van der Waals surface area contributed by atoms with Gasteiger partial charge in [-0.15, -0.1) is 0 Å². The third-order valence-corrected chi connectivity index (χ3v) is 4.78. The number of hydrogen-bond donors (Lipinski definition) is 1. The number of amides is 1. The molecule has 1 atom stereocenters. The Morgan fingerprint density at radius 2 is 2.04 bits per heavy atom. The molecule has 0 saturated carbocycles. The van der Waals surface area contributed by atoms with Gasteiger partial charge in [0, 0.05) is 37.8 Å². The van der Waals surface area contributed by atoms with Gasteiger partial charge in [0.05, 0.1) is 7.11 Å². The number of rotatable bonds is 7. The minimum absolute atomic E-state index is 0.142. The third-order valence-electron chi connectivity index (χ3n) is 4.78. The molecule has 0 aromatic heterocycles. The highest BCUT2D eigenvalue weighted by Crippen LogP contribution is 2.26. The van der Waals surface area contributed by atoms with Crippen LogP contribution in [0, 0.1) is 5.92 Å². The highest BCUT2D eigenvalue weighted by molar-refractivity contribution is 5.76. The standard InChI is InChI=1S/C21H26N2O2/c1-25-20-9-5-8-19(14-20)23-13-12-18(16-23)15-22-21(24)11-10-17-6-3-2-4-7-17/h2-9,14,18H,10-13,15-16H2,1H3,(H,22,24). The molecule has 1 heterocycles. The summed E-state index contributed by atoms with van der Waals surface area (Å²) in [5, 5.41) is 3.10. The molecule has 3 rings (SSSR count). The fourth-order valence-electron chi connectivity index (χ4n) is 3.29. The van der Waals surface area contributed by atoms with E-state index in [-0.39, 0.29) is 5.91 Å². The molecule has 1 aliphatic rings. The predicted molar refractivity (Wildman–Crippen MR) is 101 cm³/mol. The van der Waals surface area contributed by atoms with Gasteiger partial charge in [-0.2, -0.15) is 0 Å². The number of aryl methyl sites for hydroxylation is 1. The van der Waals surface area contributed by atoms with E-state index in [0.717, 1.165) is 38.2 Å². The molecule has 0 bridgehead atoms. The first-order valence-corrected chi connectivity index (χ1v) is 8.94. The summed E-state index contributed by atoms with van der Waals surface area (Å²) >= 11 is 0. The van der Waals surface area contributed by atoms with Gasteiger partial charge in [-0.3, -0.25) is 4.79 Å². The summed E-state index contributed by atoms with van der Waals surface area (Å²) in [5.41, 5.74) is 2.40.